The molecule has 0 saturated carbocycles. The van der Waals surface area contributed by atoms with Crippen molar-refractivity contribution in [3.05, 3.63) is 65.9 Å². The topological polar surface area (TPSA) is 94.4 Å². The van der Waals surface area contributed by atoms with Gasteiger partial charge in [-0.3, -0.25) is 9.59 Å². The zero-order valence-corrected chi connectivity index (χ0v) is 15.8. The number of rotatable bonds is 8. The van der Waals surface area contributed by atoms with Gasteiger partial charge < -0.3 is 20.2 Å². The molecule has 0 spiro atoms. The first-order chi connectivity index (χ1) is 13.6. The van der Waals surface area contributed by atoms with E-state index in [9.17, 15) is 9.59 Å². The normalized spacial score (nSPS) is 11.9. The Morgan fingerprint density at radius 2 is 1.93 bits per heavy atom. The number of esters is 2. The molecule has 1 aromatic heterocycles. The summed E-state index contributed by atoms with van der Waals surface area (Å²) < 4.78 is 10.7. The summed E-state index contributed by atoms with van der Waals surface area (Å²) in [5.41, 5.74) is 8.71. The number of hydrogen-bond donors (Lipinski definition) is 2. The van der Waals surface area contributed by atoms with Gasteiger partial charge in [0.05, 0.1) is 0 Å². The summed E-state index contributed by atoms with van der Waals surface area (Å²) in [7, 11) is 0. The van der Waals surface area contributed by atoms with Crippen LogP contribution in [0.15, 0.2) is 54.7 Å². The smallest absolute Gasteiger partial charge is 0.323 e. The molecule has 0 bridgehead atoms. The van der Waals surface area contributed by atoms with Crippen LogP contribution in [0, 0.1) is 0 Å². The van der Waals surface area contributed by atoms with Crippen LogP contribution in [0.4, 0.5) is 0 Å². The van der Waals surface area contributed by atoms with Crippen LogP contribution in [0.1, 0.15) is 30.9 Å². The Hall–Kier alpha value is -3.12. The fraction of sp³-hybridized carbons (Fsp3) is 0.273. The van der Waals surface area contributed by atoms with Crippen LogP contribution in [0.5, 0.6) is 5.75 Å². The fourth-order valence-electron chi connectivity index (χ4n) is 2.93. The molecule has 0 aliphatic carbocycles. The number of fused-ring (bicyclic) bond motifs is 1. The lowest BCUT2D eigenvalue weighted by Crippen LogP contribution is -2.34. The third-order valence-electron chi connectivity index (χ3n) is 4.39. The highest BCUT2D eigenvalue weighted by Gasteiger charge is 2.18. The van der Waals surface area contributed by atoms with Crippen molar-refractivity contribution in [1.82, 2.24) is 4.98 Å². The fourth-order valence-corrected chi connectivity index (χ4v) is 2.93. The Morgan fingerprint density at radius 1 is 1.14 bits per heavy atom. The number of nitrogens with two attached hydrogens (primary N) is 1. The zero-order valence-electron chi connectivity index (χ0n) is 15.8. The lowest BCUT2D eigenvalue weighted by Gasteiger charge is -2.11. The van der Waals surface area contributed by atoms with Crippen molar-refractivity contribution in [2.45, 2.75) is 38.8 Å². The van der Waals surface area contributed by atoms with Gasteiger partial charge in [0.25, 0.3) is 0 Å². The Morgan fingerprint density at radius 3 is 2.68 bits per heavy atom. The molecular weight excluding hydrogens is 356 g/mol. The molecular formula is C22H24N2O4. The molecule has 0 unspecified atom stereocenters. The molecule has 0 fully saturated rings. The van der Waals surface area contributed by atoms with E-state index in [1.165, 1.54) is 0 Å². The van der Waals surface area contributed by atoms with Crippen molar-refractivity contribution in [2.24, 2.45) is 5.73 Å². The first kappa shape index (κ1) is 19.6. The summed E-state index contributed by atoms with van der Waals surface area (Å²) in [6.45, 7) is 2.12. The van der Waals surface area contributed by atoms with Crippen molar-refractivity contribution >= 4 is 22.8 Å². The summed E-state index contributed by atoms with van der Waals surface area (Å²) >= 11 is 0. The number of hydrogen-bond acceptors (Lipinski definition) is 5. The molecule has 1 atom stereocenters. The van der Waals surface area contributed by atoms with Gasteiger partial charge in [0.1, 0.15) is 18.4 Å². The van der Waals surface area contributed by atoms with E-state index in [0.717, 1.165) is 28.5 Å². The van der Waals surface area contributed by atoms with E-state index in [1.54, 1.807) is 12.1 Å². The largest absolute Gasteiger partial charge is 0.460 e. The van der Waals surface area contributed by atoms with Crippen LogP contribution < -0.4 is 10.5 Å². The summed E-state index contributed by atoms with van der Waals surface area (Å²) in [5, 5.41) is 0.869. The van der Waals surface area contributed by atoms with Crippen molar-refractivity contribution in [3.8, 4) is 5.75 Å². The highest BCUT2D eigenvalue weighted by molar-refractivity contribution is 5.86. The lowest BCUT2D eigenvalue weighted by atomic mass is 10.1. The molecule has 0 amide bonds. The predicted octanol–water partition coefficient (Wildman–Crippen LogP) is 3.49. The third-order valence-corrected chi connectivity index (χ3v) is 4.39. The summed E-state index contributed by atoms with van der Waals surface area (Å²) in [6, 6.07) is 14.0. The maximum atomic E-state index is 12.2. The second kappa shape index (κ2) is 9.19. The molecule has 0 radical (unpaired) electrons. The second-order valence-corrected chi connectivity index (χ2v) is 6.65. The van der Waals surface area contributed by atoms with Crippen LogP contribution in [0.3, 0.4) is 0 Å². The monoisotopic (exact) mass is 380 g/mol. The Kier molecular flexibility index (Phi) is 6.45. The number of H-pyrrole nitrogens is 1. The van der Waals surface area contributed by atoms with E-state index in [0.29, 0.717) is 18.6 Å². The Balaban J connectivity index is 1.65. The van der Waals surface area contributed by atoms with Crippen LogP contribution in [0.25, 0.3) is 10.9 Å². The van der Waals surface area contributed by atoms with Gasteiger partial charge in [0.2, 0.25) is 0 Å². The van der Waals surface area contributed by atoms with Crippen LogP contribution in [-0.4, -0.2) is 23.0 Å². The molecule has 3 aromatic rings. The molecule has 2 aromatic carbocycles. The molecule has 6 nitrogen and oxygen atoms in total. The third kappa shape index (κ3) is 4.98. The van der Waals surface area contributed by atoms with Gasteiger partial charge in [0.15, 0.2) is 0 Å². The molecule has 1 heterocycles. The average Bonchev–Trinajstić information content (AvgIpc) is 3.09. The quantitative estimate of drug-likeness (QED) is 0.461. The van der Waals surface area contributed by atoms with Gasteiger partial charge in [-0.25, -0.2) is 0 Å². The maximum Gasteiger partial charge on any atom is 0.323 e. The minimum absolute atomic E-state index is 0.193. The van der Waals surface area contributed by atoms with Crippen molar-refractivity contribution in [2.75, 3.05) is 0 Å². The minimum atomic E-state index is -0.783. The number of benzene rings is 2. The number of carbonyl (C=O) groups excluding carboxylic acids is 2. The highest BCUT2D eigenvalue weighted by Crippen LogP contribution is 2.25. The summed E-state index contributed by atoms with van der Waals surface area (Å²) in [6.07, 6.45) is 3.24. The molecule has 0 saturated heterocycles. The first-order valence-corrected chi connectivity index (χ1v) is 9.33. The number of ether oxygens (including phenoxy) is 2. The lowest BCUT2D eigenvalue weighted by molar-refractivity contribution is -0.146. The van der Waals surface area contributed by atoms with E-state index in [1.807, 2.05) is 49.5 Å². The van der Waals surface area contributed by atoms with E-state index in [2.05, 4.69) is 4.98 Å². The van der Waals surface area contributed by atoms with E-state index < -0.39 is 12.0 Å². The second-order valence-electron chi connectivity index (χ2n) is 6.65. The van der Waals surface area contributed by atoms with Crippen LogP contribution >= 0.6 is 0 Å². The molecule has 3 rings (SSSR count). The summed E-state index contributed by atoms with van der Waals surface area (Å²) in [5.74, 6) is -0.240. The molecule has 6 heteroatoms. The van der Waals surface area contributed by atoms with Gasteiger partial charge in [-0.05, 0) is 35.7 Å². The van der Waals surface area contributed by atoms with Crippen LogP contribution in [-0.2, 0) is 27.4 Å². The number of nitrogens with one attached hydrogen (secondary N) is 1. The molecule has 28 heavy (non-hydrogen) atoms. The molecule has 0 aliphatic heterocycles. The predicted molar refractivity (Wildman–Crippen MR) is 107 cm³/mol. The molecule has 3 N–H and O–H groups in total. The maximum absolute atomic E-state index is 12.2. The number of aromatic nitrogens is 1. The SMILES string of the molecule is CCCC(=O)Oc1ccc2[nH]cc(C[C@H](N)C(=O)OCc3ccccc3)c2c1. The van der Waals surface area contributed by atoms with Gasteiger partial charge in [-0.15, -0.1) is 0 Å². The standard InChI is InChI=1S/C22H24N2O4/c1-2-6-21(25)28-17-9-10-20-18(12-17)16(13-24-20)11-19(23)22(26)27-14-15-7-4-3-5-8-15/h3-5,7-10,12-13,19,24H,2,6,11,14,23H2,1H3/t19-/m0/s1. The molecule has 146 valence electrons. The minimum Gasteiger partial charge on any atom is -0.460 e. The Labute approximate surface area is 163 Å². The average molecular weight is 380 g/mol. The van der Waals surface area contributed by atoms with Gasteiger partial charge in [-0.2, -0.15) is 0 Å². The highest BCUT2D eigenvalue weighted by atomic mass is 16.5. The number of aromatic amines is 1. The van der Waals surface area contributed by atoms with Crippen LogP contribution in [0.2, 0.25) is 0 Å². The molecule has 0 aliphatic rings. The van der Waals surface area contributed by atoms with Crippen molar-refractivity contribution < 1.29 is 19.1 Å². The first-order valence-electron chi connectivity index (χ1n) is 9.33. The zero-order chi connectivity index (χ0) is 19.9. The van der Waals surface area contributed by atoms with E-state index in [4.69, 9.17) is 15.2 Å². The van der Waals surface area contributed by atoms with Crippen molar-refractivity contribution in [1.29, 1.82) is 0 Å². The Bertz CT molecular complexity index is 950. The van der Waals surface area contributed by atoms with Gasteiger partial charge in [0, 0.05) is 29.9 Å². The van der Waals surface area contributed by atoms with E-state index in [-0.39, 0.29) is 12.6 Å². The van der Waals surface area contributed by atoms with E-state index >= 15 is 0 Å². The van der Waals surface area contributed by atoms with Gasteiger partial charge in [-0.1, -0.05) is 37.3 Å². The van der Waals surface area contributed by atoms with Crippen molar-refractivity contribution in [3.63, 3.8) is 0 Å². The van der Waals surface area contributed by atoms with Gasteiger partial charge >= 0.3 is 11.9 Å². The number of carbonyl (C=O) groups is 2. The summed E-state index contributed by atoms with van der Waals surface area (Å²) in [4.78, 5) is 27.1.